The van der Waals surface area contributed by atoms with Crippen LogP contribution in [0.25, 0.3) is 0 Å². The highest BCUT2D eigenvalue weighted by atomic mass is 19.1. The van der Waals surface area contributed by atoms with E-state index < -0.39 is 6.17 Å². The molecular weight excluding hydrogens is 153 g/mol. The lowest BCUT2D eigenvalue weighted by Crippen LogP contribution is -2.44. The fourth-order valence-corrected chi connectivity index (χ4v) is 2.39. The van der Waals surface area contributed by atoms with E-state index in [1.807, 2.05) is 0 Å². The SMILES string of the molecule is CC1=CCNC2CCC(F)CC12. The number of hydrogen-bond acceptors (Lipinski definition) is 1. The van der Waals surface area contributed by atoms with Gasteiger partial charge in [-0.1, -0.05) is 11.6 Å². The Morgan fingerprint density at radius 3 is 3.17 bits per heavy atom. The molecule has 2 heteroatoms. The molecule has 1 fully saturated rings. The summed E-state index contributed by atoms with van der Waals surface area (Å²) in [5.41, 5.74) is 1.39. The lowest BCUT2D eigenvalue weighted by atomic mass is 9.77. The quantitative estimate of drug-likeness (QED) is 0.547. The van der Waals surface area contributed by atoms with Crippen LogP contribution in [0, 0.1) is 5.92 Å². The van der Waals surface area contributed by atoms with Gasteiger partial charge < -0.3 is 5.32 Å². The van der Waals surface area contributed by atoms with Crippen LogP contribution >= 0.6 is 0 Å². The van der Waals surface area contributed by atoms with Crippen molar-refractivity contribution in [3.05, 3.63) is 11.6 Å². The zero-order valence-electron chi connectivity index (χ0n) is 7.52. The van der Waals surface area contributed by atoms with Crippen LogP contribution < -0.4 is 5.32 Å². The van der Waals surface area contributed by atoms with E-state index in [0.29, 0.717) is 12.0 Å². The number of fused-ring (bicyclic) bond motifs is 1. The van der Waals surface area contributed by atoms with Crippen LogP contribution in [0.5, 0.6) is 0 Å². The fraction of sp³-hybridized carbons (Fsp3) is 0.800. The molecule has 0 spiro atoms. The molecule has 1 saturated carbocycles. The summed E-state index contributed by atoms with van der Waals surface area (Å²) < 4.78 is 13.1. The minimum atomic E-state index is -0.561. The summed E-state index contributed by atoms with van der Waals surface area (Å²) in [6.45, 7) is 3.11. The third-order valence-electron chi connectivity index (χ3n) is 3.18. The minimum Gasteiger partial charge on any atom is -0.310 e. The van der Waals surface area contributed by atoms with Gasteiger partial charge >= 0.3 is 0 Å². The second kappa shape index (κ2) is 3.17. The molecule has 1 nitrogen and oxygen atoms in total. The third kappa shape index (κ3) is 1.40. The molecule has 3 unspecified atom stereocenters. The van der Waals surface area contributed by atoms with Crippen molar-refractivity contribution < 1.29 is 4.39 Å². The highest BCUT2D eigenvalue weighted by Gasteiger charge is 2.32. The first-order valence-corrected chi connectivity index (χ1v) is 4.81. The molecule has 1 aliphatic carbocycles. The van der Waals surface area contributed by atoms with E-state index in [4.69, 9.17) is 0 Å². The fourth-order valence-electron chi connectivity index (χ4n) is 2.39. The Hall–Kier alpha value is -0.370. The molecule has 1 N–H and O–H groups in total. The standard InChI is InChI=1S/C10H16FN/c1-7-4-5-12-10-3-2-8(11)6-9(7)10/h4,8-10,12H,2-3,5-6H2,1H3. The first-order chi connectivity index (χ1) is 5.77. The van der Waals surface area contributed by atoms with Gasteiger partial charge in [-0.2, -0.15) is 0 Å². The van der Waals surface area contributed by atoms with Gasteiger partial charge in [-0.3, -0.25) is 0 Å². The van der Waals surface area contributed by atoms with Gasteiger partial charge in [0.1, 0.15) is 6.17 Å². The highest BCUT2D eigenvalue weighted by Crippen LogP contribution is 2.33. The average molecular weight is 169 g/mol. The molecule has 0 aromatic carbocycles. The molecule has 0 amide bonds. The smallest absolute Gasteiger partial charge is 0.101 e. The molecule has 2 aliphatic rings. The zero-order chi connectivity index (χ0) is 8.55. The van der Waals surface area contributed by atoms with Crippen molar-refractivity contribution in [2.75, 3.05) is 6.54 Å². The summed E-state index contributed by atoms with van der Waals surface area (Å²) in [5.74, 6) is 0.475. The van der Waals surface area contributed by atoms with Gasteiger partial charge in [0.15, 0.2) is 0 Å². The molecule has 3 atom stereocenters. The van der Waals surface area contributed by atoms with Crippen LogP contribution in [0.15, 0.2) is 11.6 Å². The molecule has 1 heterocycles. The van der Waals surface area contributed by atoms with Crippen LogP contribution in [0.4, 0.5) is 4.39 Å². The monoisotopic (exact) mass is 169 g/mol. The molecule has 0 aromatic rings. The summed E-state index contributed by atoms with van der Waals surface area (Å²) >= 11 is 0. The zero-order valence-corrected chi connectivity index (χ0v) is 7.52. The molecule has 0 aromatic heterocycles. The van der Waals surface area contributed by atoms with Gasteiger partial charge in [0.2, 0.25) is 0 Å². The maximum Gasteiger partial charge on any atom is 0.101 e. The third-order valence-corrected chi connectivity index (χ3v) is 3.18. The van der Waals surface area contributed by atoms with Crippen molar-refractivity contribution in [1.29, 1.82) is 0 Å². The Morgan fingerprint density at radius 2 is 2.33 bits per heavy atom. The predicted molar refractivity (Wildman–Crippen MR) is 47.8 cm³/mol. The van der Waals surface area contributed by atoms with Gasteiger partial charge in [-0.15, -0.1) is 0 Å². The lowest BCUT2D eigenvalue weighted by molar-refractivity contribution is 0.174. The first kappa shape index (κ1) is 8.24. The predicted octanol–water partition coefficient (Wildman–Crippen LogP) is 2.04. The van der Waals surface area contributed by atoms with Crippen molar-refractivity contribution in [3.63, 3.8) is 0 Å². The van der Waals surface area contributed by atoms with E-state index in [-0.39, 0.29) is 0 Å². The number of halogens is 1. The molecule has 2 rings (SSSR count). The van der Waals surface area contributed by atoms with Crippen molar-refractivity contribution in [3.8, 4) is 0 Å². The molecule has 1 aliphatic heterocycles. The Labute approximate surface area is 73.0 Å². The molecule has 0 bridgehead atoms. The van der Waals surface area contributed by atoms with Gasteiger partial charge in [0.05, 0.1) is 0 Å². The topological polar surface area (TPSA) is 12.0 Å². The van der Waals surface area contributed by atoms with E-state index >= 15 is 0 Å². The van der Waals surface area contributed by atoms with E-state index in [9.17, 15) is 4.39 Å². The molecule has 0 radical (unpaired) electrons. The Kier molecular flexibility index (Phi) is 2.18. The number of hydrogen-bond donors (Lipinski definition) is 1. The van der Waals surface area contributed by atoms with E-state index in [1.165, 1.54) is 5.57 Å². The lowest BCUT2D eigenvalue weighted by Gasteiger charge is -2.37. The van der Waals surface area contributed by atoms with Gasteiger partial charge in [-0.05, 0) is 32.1 Å². The maximum absolute atomic E-state index is 13.1. The number of alkyl halides is 1. The van der Waals surface area contributed by atoms with E-state index in [0.717, 1.165) is 25.8 Å². The van der Waals surface area contributed by atoms with Crippen LogP contribution in [-0.2, 0) is 0 Å². The summed E-state index contributed by atoms with van der Waals surface area (Å²) in [5, 5.41) is 3.43. The highest BCUT2D eigenvalue weighted by molar-refractivity contribution is 5.13. The molecule has 12 heavy (non-hydrogen) atoms. The summed E-state index contributed by atoms with van der Waals surface area (Å²) in [4.78, 5) is 0. The molecule has 0 saturated heterocycles. The summed E-state index contributed by atoms with van der Waals surface area (Å²) in [6.07, 6.45) is 4.13. The van der Waals surface area contributed by atoms with Crippen LogP contribution in [-0.4, -0.2) is 18.8 Å². The van der Waals surface area contributed by atoms with E-state index in [2.05, 4.69) is 18.3 Å². The maximum atomic E-state index is 13.1. The van der Waals surface area contributed by atoms with E-state index in [1.54, 1.807) is 0 Å². The van der Waals surface area contributed by atoms with Crippen molar-refractivity contribution in [1.82, 2.24) is 5.32 Å². The van der Waals surface area contributed by atoms with Crippen molar-refractivity contribution in [2.24, 2.45) is 5.92 Å². The number of rotatable bonds is 0. The average Bonchev–Trinajstić information content (AvgIpc) is 2.07. The van der Waals surface area contributed by atoms with Crippen LogP contribution in [0.2, 0.25) is 0 Å². The van der Waals surface area contributed by atoms with Gasteiger partial charge in [-0.25, -0.2) is 4.39 Å². The van der Waals surface area contributed by atoms with Gasteiger partial charge in [0.25, 0.3) is 0 Å². The van der Waals surface area contributed by atoms with Crippen LogP contribution in [0.3, 0.4) is 0 Å². The molecular formula is C10H16FN. The number of nitrogens with one attached hydrogen (secondary N) is 1. The normalized spacial score (nSPS) is 41.8. The van der Waals surface area contributed by atoms with Crippen LogP contribution in [0.1, 0.15) is 26.2 Å². The first-order valence-electron chi connectivity index (χ1n) is 4.81. The van der Waals surface area contributed by atoms with Crippen molar-refractivity contribution >= 4 is 0 Å². The second-order valence-corrected chi connectivity index (χ2v) is 3.98. The molecule has 68 valence electrons. The Morgan fingerprint density at radius 1 is 1.50 bits per heavy atom. The largest absolute Gasteiger partial charge is 0.310 e. The Bertz CT molecular complexity index is 200. The summed E-state index contributed by atoms with van der Waals surface area (Å²) in [6, 6.07) is 0.557. The second-order valence-electron chi connectivity index (χ2n) is 3.98. The van der Waals surface area contributed by atoms with Crippen molar-refractivity contribution in [2.45, 2.75) is 38.4 Å². The Balaban J connectivity index is 2.10. The van der Waals surface area contributed by atoms with Gasteiger partial charge in [0, 0.05) is 12.6 Å². The minimum absolute atomic E-state index is 0.475. The summed E-state index contributed by atoms with van der Waals surface area (Å²) in [7, 11) is 0.